The highest BCUT2D eigenvalue weighted by Crippen LogP contribution is 2.27. The lowest BCUT2D eigenvalue weighted by atomic mass is 9.89. The third-order valence-electron chi connectivity index (χ3n) is 4.66. The van der Waals surface area contributed by atoms with Crippen LogP contribution in [0.3, 0.4) is 0 Å². The van der Waals surface area contributed by atoms with E-state index in [9.17, 15) is 9.59 Å². The fraction of sp³-hybridized carbons (Fsp3) is 0.600. The molecule has 0 spiro atoms. The van der Waals surface area contributed by atoms with Gasteiger partial charge in [-0.1, -0.05) is 26.0 Å². The monoisotopic (exact) mass is 345 g/mol. The molecule has 0 aromatic heterocycles. The standard InChI is InChI=1S/C20H31N3O2/c1-4-21-20(25)23-12-6-9-18(14-23)16-7-5-8-17(13-16)19(24)22-11-10-15(2)3/h5,7-8,13,15,18H,4,6,9-12,14H2,1-3H3,(H,21,25)(H,22,24)/t18-/m0/s1. The van der Waals surface area contributed by atoms with Gasteiger partial charge in [-0.05, 0) is 49.8 Å². The topological polar surface area (TPSA) is 61.4 Å². The third kappa shape index (κ3) is 5.76. The van der Waals surface area contributed by atoms with E-state index in [1.807, 2.05) is 30.0 Å². The van der Waals surface area contributed by atoms with Crippen molar-refractivity contribution in [2.24, 2.45) is 5.92 Å². The first-order chi connectivity index (χ1) is 12.0. The Morgan fingerprint density at radius 2 is 2.08 bits per heavy atom. The van der Waals surface area contributed by atoms with Crippen LogP contribution < -0.4 is 10.6 Å². The molecule has 0 saturated carbocycles. The summed E-state index contributed by atoms with van der Waals surface area (Å²) in [6.07, 6.45) is 3.02. The number of nitrogens with zero attached hydrogens (tertiary/aromatic N) is 1. The maximum Gasteiger partial charge on any atom is 0.317 e. The minimum atomic E-state index is -0.0149. The Balaban J connectivity index is 2.00. The Labute approximate surface area is 151 Å². The molecule has 1 fully saturated rings. The zero-order valence-corrected chi connectivity index (χ0v) is 15.7. The number of hydrogen-bond donors (Lipinski definition) is 2. The maximum atomic E-state index is 12.3. The van der Waals surface area contributed by atoms with E-state index in [0.717, 1.165) is 31.4 Å². The van der Waals surface area contributed by atoms with Crippen LogP contribution in [0.25, 0.3) is 0 Å². The molecule has 0 unspecified atom stereocenters. The van der Waals surface area contributed by atoms with Gasteiger partial charge in [-0.2, -0.15) is 0 Å². The molecule has 2 N–H and O–H groups in total. The number of rotatable bonds is 6. The van der Waals surface area contributed by atoms with E-state index in [4.69, 9.17) is 0 Å². The summed E-state index contributed by atoms with van der Waals surface area (Å²) in [5.41, 5.74) is 1.85. The summed E-state index contributed by atoms with van der Waals surface area (Å²) >= 11 is 0. The van der Waals surface area contributed by atoms with Gasteiger partial charge in [0.1, 0.15) is 0 Å². The molecule has 1 heterocycles. The molecule has 1 atom stereocenters. The zero-order chi connectivity index (χ0) is 18.2. The van der Waals surface area contributed by atoms with E-state index < -0.39 is 0 Å². The van der Waals surface area contributed by atoms with Crippen LogP contribution in [0.4, 0.5) is 4.79 Å². The third-order valence-corrected chi connectivity index (χ3v) is 4.66. The minimum absolute atomic E-state index is 0.00906. The summed E-state index contributed by atoms with van der Waals surface area (Å²) in [5.74, 6) is 0.854. The Morgan fingerprint density at radius 1 is 1.28 bits per heavy atom. The number of benzene rings is 1. The molecule has 0 bridgehead atoms. The van der Waals surface area contributed by atoms with Gasteiger partial charge in [-0.15, -0.1) is 0 Å². The summed E-state index contributed by atoms with van der Waals surface area (Å²) < 4.78 is 0. The smallest absolute Gasteiger partial charge is 0.317 e. The largest absolute Gasteiger partial charge is 0.352 e. The predicted octanol–water partition coefficient (Wildman–Crippen LogP) is 3.37. The summed E-state index contributed by atoms with van der Waals surface area (Å²) in [4.78, 5) is 26.3. The Morgan fingerprint density at radius 3 is 2.80 bits per heavy atom. The van der Waals surface area contributed by atoms with Crippen molar-refractivity contribution in [3.05, 3.63) is 35.4 Å². The van der Waals surface area contributed by atoms with Crippen molar-refractivity contribution in [1.82, 2.24) is 15.5 Å². The molecule has 0 radical (unpaired) electrons. The normalized spacial score (nSPS) is 17.4. The summed E-state index contributed by atoms with van der Waals surface area (Å²) in [6.45, 7) is 9.09. The molecule has 138 valence electrons. The van der Waals surface area contributed by atoms with Crippen LogP contribution in [0.1, 0.15) is 61.9 Å². The molecule has 25 heavy (non-hydrogen) atoms. The molecule has 2 rings (SSSR count). The molecule has 0 aliphatic carbocycles. The molecular formula is C20H31N3O2. The lowest BCUT2D eigenvalue weighted by Gasteiger charge is -2.33. The van der Waals surface area contributed by atoms with Crippen molar-refractivity contribution in [2.45, 2.75) is 46.0 Å². The number of amides is 3. The van der Waals surface area contributed by atoms with Gasteiger partial charge in [0.25, 0.3) is 5.91 Å². The van der Waals surface area contributed by atoms with Crippen molar-refractivity contribution in [2.75, 3.05) is 26.2 Å². The van der Waals surface area contributed by atoms with Gasteiger partial charge in [-0.25, -0.2) is 4.79 Å². The number of carbonyl (C=O) groups is 2. The molecule has 1 aliphatic rings. The van der Waals surface area contributed by atoms with Gasteiger partial charge in [0.15, 0.2) is 0 Å². The van der Waals surface area contributed by atoms with E-state index in [2.05, 4.69) is 30.5 Å². The minimum Gasteiger partial charge on any atom is -0.352 e. The molecule has 5 nitrogen and oxygen atoms in total. The molecule has 3 amide bonds. The SMILES string of the molecule is CCNC(=O)N1CCC[C@H](c2cccc(C(=O)NCCC(C)C)c2)C1. The van der Waals surface area contributed by atoms with E-state index in [1.165, 1.54) is 0 Å². The first-order valence-corrected chi connectivity index (χ1v) is 9.42. The fourth-order valence-corrected chi connectivity index (χ4v) is 3.21. The average molecular weight is 345 g/mol. The Kier molecular flexibility index (Phi) is 7.29. The van der Waals surface area contributed by atoms with E-state index >= 15 is 0 Å². The number of carbonyl (C=O) groups excluding carboxylic acids is 2. The molecular weight excluding hydrogens is 314 g/mol. The number of hydrogen-bond acceptors (Lipinski definition) is 2. The molecule has 1 aromatic carbocycles. The van der Waals surface area contributed by atoms with Crippen LogP contribution in [0.2, 0.25) is 0 Å². The second-order valence-corrected chi connectivity index (χ2v) is 7.18. The second-order valence-electron chi connectivity index (χ2n) is 7.18. The van der Waals surface area contributed by atoms with Gasteiger partial charge in [0.05, 0.1) is 0 Å². The van der Waals surface area contributed by atoms with Crippen LogP contribution in [0, 0.1) is 5.92 Å². The lowest BCUT2D eigenvalue weighted by molar-refractivity contribution is 0.0951. The number of likely N-dealkylation sites (tertiary alicyclic amines) is 1. The Bertz CT molecular complexity index is 586. The van der Waals surface area contributed by atoms with Crippen molar-refractivity contribution in [3.8, 4) is 0 Å². The predicted molar refractivity (Wildman–Crippen MR) is 101 cm³/mol. The van der Waals surface area contributed by atoms with Crippen LogP contribution in [-0.4, -0.2) is 43.0 Å². The van der Waals surface area contributed by atoms with Crippen LogP contribution in [-0.2, 0) is 0 Å². The first-order valence-electron chi connectivity index (χ1n) is 9.42. The van der Waals surface area contributed by atoms with Crippen molar-refractivity contribution in [3.63, 3.8) is 0 Å². The molecule has 5 heteroatoms. The first kappa shape index (κ1) is 19.3. The van der Waals surface area contributed by atoms with Crippen LogP contribution in [0.5, 0.6) is 0 Å². The second kappa shape index (κ2) is 9.44. The Hall–Kier alpha value is -2.04. The van der Waals surface area contributed by atoms with Gasteiger partial charge in [-0.3, -0.25) is 4.79 Å². The maximum absolute atomic E-state index is 12.3. The summed E-state index contributed by atoms with van der Waals surface area (Å²) in [7, 11) is 0. The number of piperidine rings is 1. The number of urea groups is 1. The van der Waals surface area contributed by atoms with Crippen molar-refractivity contribution < 1.29 is 9.59 Å². The highest BCUT2D eigenvalue weighted by Gasteiger charge is 2.24. The van der Waals surface area contributed by atoms with E-state index in [-0.39, 0.29) is 11.9 Å². The van der Waals surface area contributed by atoms with E-state index in [0.29, 0.717) is 37.0 Å². The van der Waals surface area contributed by atoms with Crippen LogP contribution >= 0.6 is 0 Å². The zero-order valence-electron chi connectivity index (χ0n) is 15.7. The summed E-state index contributed by atoms with van der Waals surface area (Å²) in [6, 6.07) is 7.86. The summed E-state index contributed by atoms with van der Waals surface area (Å²) in [5, 5.41) is 5.86. The highest BCUT2D eigenvalue weighted by molar-refractivity contribution is 5.94. The number of nitrogens with one attached hydrogen (secondary N) is 2. The van der Waals surface area contributed by atoms with Gasteiger partial charge in [0, 0.05) is 37.7 Å². The van der Waals surface area contributed by atoms with Crippen molar-refractivity contribution >= 4 is 11.9 Å². The fourth-order valence-electron chi connectivity index (χ4n) is 3.21. The lowest BCUT2D eigenvalue weighted by Crippen LogP contribution is -2.44. The van der Waals surface area contributed by atoms with Crippen LogP contribution in [0.15, 0.2) is 24.3 Å². The van der Waals surface area contributed by atoms with Gasteiger partial charge < -0.3 is 15.5 Å². The van der Waals surface area contributed by atoms with E-state index in [1.54, 1.807) is 0 Å². The quantitative estimate of drug-likeness (QED) is 0.830. The highest BCUT2D eigenvalue weighted by atomic mass is 16.2. The molecule has 1 aliphatic heterocycles. The van der Waals surface area contributed by atoms with Gasteiger partial charge >= 0.3 is 6.03 Å². The molecule has 1 aromatic rings. The van der Waals surface area contributed by atoms with Gasteiger partial charge in [0.2, 0.25) is 0 Å². The average Bonchev–Trinajstić information content (AvgIpc) is 2.62. The van der Waals surface area contributed by atoms with Crippen molar-refractivity contribution in [1.29, 1.82) is 0 Å². The molecule has 1 saturated heterocycles.